The zero-order chi connectivity index (χ0) is 25.6. The second kappa shape index (κ2) is 9.77. The molecule has 0 amide bonds. The lowest BCUT2D eigenvalue weighted by Gasteiger charge is -2.31. The Morgan fingerprint density at radius 3 is 2.49 bits per heavy atom. The summed E-state index contributed by atoms with van der Waals surface area (Å²) in [6.45, 7) is 2.45. The molecule has 196 valence electrons. The maximum atomic E-state index is 13.7. The molecule has 0 bridgehead atoms. The summed E-state index contributed by atoms with van der Waals surface area (Å²) >= 11 is 0. The van der Waals surface area contributed by atoms with Crippen LogP contribution in [-0.4, -0.2) is 34.7 Å². The number of halogens is 2. The molecule has 1 aliphatic heterocycles. The number of aromatic carboxylic acids is 1. The molecule has 0 radical (unpaired) electrons. The molecule has 2 heterocycles. The average molecular weight is 507 g/mol. The molecule has 0 unspecified atom stereocenters. The Morgan fingerprint density at radius 1 is 0.973 bits per heavy atom. The van der Waals surface area contributed by atoms with E-state index in [4.69, 9.17) is 0 Å². The second-order valence-electron chi connectivity index (χ2n) is 11.4. The van der Waals surface area contributed by atoms with Crippen molar-refractivity contribution in [2.24, 2.45) is 5.92 Å². The van der Waals surface area contributed by atoms with E-state index in [9.17, 15) is 18.7 Å². The fraction of sp³-hybridized carbons (Fsp3) is 0.516. The number of para-hydroxylation sites is 1. The zero-order valence-electron chi connectivity index (χ0n) is 21.4. The molecule has 2 aromatic carbocycles. The van der Waals surface area contributed by atoms with Crippen LogP contribution in [0.5, 0.6) is 0 Å². The number of carboxylic acid groups (broad SMARTS) is 1. The molecule has 0 atom stereocenters. The highest BCUT2D eigenvalue weighted by atomic mass is 19.3. The number of carboxylic acids is 1. The Kier molecular flexibility index (Phi) is 6.46. The van der Waals surface area contributed by atoms with Gasteiger partial charge in [0, 0.05) is 54.6 Å². The van der Waals surface area contributed by atoms with Gasteiger partial charge in [0.2, 0.25) is 5.92 Å². The minimum atomic E-state index is -2.49. The van der Waals surface area contributed by atoms with E-state index in [-0.39, 0.29) is 12.8 Å². The van der Waals surface area contributed by atoms with Crippen molar-refractivity contribution in [2.45, 2.75) is 82.6 Å². The lowest BCUT2D eigenvalue weighted by molar-refractivity contribution is -0.0462. The van der Waals surface area contributed by atoms with Gasteiger partial charge >= 0.3 is 5.97 Å². The zero-order valence-corrected chi connectivity index (χ0v) is 21.4. The summed E-state index contributed by atoms with van der Waals surface area (Å²) in [7, 11) is 0. The van der Waals surface area contributed by atoms with Gasteiger partial charge in [-0.1, -0.05) is 43.5 Å². The molecule has 0 spiro atoms. The number of hydrogen-bond acceptors (Lipinski definition) is 2. The summed E-state index contributed by atoms with van der Waals surface area (Å²) in [5.74, 6) is -2.55. The highest BCUT2D eigenvalue weighted by Crippen LogP contribution is 2.47. The summed E-state index contributed by atoms with van der Waals surface area (Å²) in [6, 6.07) is 14.2. The highest BCUT2D eigenvalue weighted by molar-refractivity contribution is 5.99. The normalized spacial score (nSPS) is 20.4. The predicted molar refractivity (Wildman–Crippen MR) is 144 cm³/mol. The molecule has 3 aromatic rings. The van der Waals surface area contributed by atoms with E-state index in [1.54, 1.807) is 6.07 Å². The quantitative estimate of drug-likeness (QED) is 0.380. The van der Waals surface area contributed by atoms with E-state index in [2.05, 4.69) is 33.7 Å². The van der Waals surface area contributed by atoms with Crippen LogP contribution >= 0.6 is 0 Å². The van der Waals surface area contributed by atoms with E-state index in [1.807, 2.05) is 12.1 Å². The minimum Gasteiger partial charge on any atom is -0.478 e. The smallest absolute Gasteiger partial charge is 0.335 e. The average Bonchev–Trinajstić information content (AvgIpc) is 3.14. The van der Waals surface area contributed by atoms with Crippen molar-refractivity contribution in [3.63, 3.8) is 0 Å². The van der Waals surface area contributed by atoms with Crippen molar-refractivity contribution in [1.29, 1.82) is 0 Å². The van der Waals surface area contributed by atoms with Crippen LogP contribution in [0.25, 0.3) is 22.2 Å². The number of aromatic nitrogens is 1. The first-order valence-corrected chi connectivity index (χ1v) is 14.0. The van der Waals surface area contributed by atoms with Gasteiger partial charge in [-0.05, 0) is 67.7 Å². The molecule has 1 aromatic heterocycles. The first-order chi connectivity index (χ1) is 17.9. The maximum Gasteiger partial charge on any atom is 0.335 e. The van der Waals surface area contributed by atoms with Crippen molar-refractivity contribution < 1.29 is 18.7 Å². The summed E-state index contributed by atoms with van der Waals surface area (Å²) < 4.78 is 29.7. The molecule has 2 aliphatic carbocycles. The molecule has 6 rings (SSSR count). The van der Waals surface area contributed by atoms with E-state index in [0.29, 0.717) is 30.2 Å². The number of hydrogen-bond donors (Lipinski definition) is 1. The topological polar surface area (TPSA) is 45.5 Å². The Balaban J connectivity index is 1.40. The van der Waals surface area contributed by atoms with Crippen molar-refractivity contribution in [3.8, 4) is 11.3 Å². The predicted octanol–water partition coefficient (Wildman–Crippen LogP) is 8.09. The largest absolute Gasteiger partial charge is 0.478 e. The standard InChI is InChI=1S/C31H36F2N2O2/c32-31(33)15-12-21(13-16-31)14-17-34-18-19-35-27-20-23(30(36)37)10-11-24(27)28(22-6-2-1-3-7-22)29(35)25-8-4-5-9-26(25)34/h4-5,8-11,20-22H,1-3,6-7,12-19H2,(H,36,37). The van der Waals surface area contributed by atoms with Crippen molar-refractivity contribution >= 4 is 22.6 Å². The molecular formula is C31H36F2N2O2. The van der Waals surface area contributed by atoms with Gasteiger partial charge in [-0.3, -0.25) is 0 Å². The van der Waals surface area contributed by atoms with Crippen molar-refractivity contribution in [1.82, 2.24) is 4.57 Å². The van der Waals surface area contributed by atoms with E-state index in [0.717, 1.165) is 31.6 Å². The third-order valence-corrected chi connectivity index (χ3v) is 9.10. The molecule has 0 saturated heterocycles. The first kappa shape index (κ1) is 24.4. The summed E-state index contributed by atoms with van der Waals surface area (Å²) in [6.07, 6.45) is 8.27. The number of fused-ring (bicyclic) bond motifs is 5. The van der Waals surface area contributed by atoms with Crippen LogP contribution in [0, 0.1) is 5.92 Å². The number of anilines is 1. The first-order valence-electron chi connectivity index (χ1n) is 14.0. The summed E-state index contributed by atoms with van der Waals surface area (Å²) in [5.41, 5.74) is 6.40. The van der Waals surface area contributed by atoms with Gasteiger partial charge in [0.25, 0.3) is 0 Å². The molecule has 6 heteroatoms. The highest BCUT2D eigenvalue weighted by Gasteiger charge is 2.35. The van der Waals surface area contributed by atoms with E-state index < -0.39 is 11.9 Å². The number of rotatable bonds is 5. The lowest BCUT2D eigenvalue weighted by atomic mass is 9.81. The Morgan fingerprint density at radius 2 is 1.73 bits per heavy atom. The van der Waals surface area contributed by atoms with Crippen LogP contribution in [-0.2, 0) is 6.54 Å². The van der Waals surface area contributed by atoms with Crippen LogP contribution in [0.3, 0.4) is 0 Å². The Labute approximate surface area is 217 Å². The van der Waals surface area contributed by atoms with Gasteiger partial charge in [-0.2, -0.15) is 0 Å². The summed E-state index contributed by atoms with van der Waals surface area (Å²) in [5, 5.41) is 10.9. The van der Waals surface area contributed by atoms with Crippen molar-refractivity contribution in [2.75, 3.05) is 18.0 Å². The fourth-order valence-corrected chi connectivity index (χ4v) is 7.09. The van der Waals surface area contributed by atoms with Crippen LogP contribution < -0.4 is 4.90 Å². The number of nitrogens with zero attached hydrogens (tertiary/aromatic N) is 2. The Hall–Kier alpha value is -2.89. The SMILES string of the molecule is O=C(O)c1ccc2c(C3CCCCC3)c3n(c2c1)CCN(CCC1CCC(F)(F)CC1)c1ccccc1-3. The van der Waals surface area contributed by atoms with Gasteiger partial charge < -0.3 is 14.6 Å². The fourth-order valence-electron chi connectivity index (χ4n) is 7.09. The monoisotopic (exact) mass is 506 g/mol. The number of alkyl halides is 2. The number of benzene rings is 2. The van der Waals surface area contributed by atoms with Crippen LogP contribution in [0.4, 0.5) is 14.5 Å². The molecule has 1 N–H and O–H groups in total. The van der Waals surface area contributed by atoms with E-state index in [1.165, 1.54) is 60.0 Å². The van der Waals surface area contributed by atoms with E-state index >= 15 is 0 Å². The van der Waals surface area contributed by atoms with Gasteiger partial charge in [0.15, 0.2) is 0 Å². The van der Waals surface area contributed by atoms with Gasteiger partial charge in [-0.25, -0.2) is 13.6 Å². The molecule has 37 heavy (non-hydrogen) atoms. The molecule has 3 aliphatic rings. The third kappa shape index (κ3) is 4.64. The second-order valence-corrected chi connectivity index (χ2v) is 11.4. The Bertz CT molecular complexity index is 1300. The molecule has 2 fully saturated rings. The van der Waals surface area contributed by atoms with Crippen molar-refractivity contribution in [3.05, 3.63) is 53.6 Å². The molecular weight excluding hydrogens is 470 g/mol. The minimum absolute atomic E-state index is 0.0162. The lowest BCUT2D eigenvalue weighted by Crippen LogP contribution is -2.31. The van der Waals surface area contributed by atoms with Gasteiger partial charge in [0.1, 0.15) is 0 Å². The van der Waals surface area contributed by atoms with Gasteiger partial charge in [-0.15, -0.1) is 0 Å². The maximum absolute atomic E-state index is 13.7. The van der Waals surface area contributed by atoms with Crippen LogP contribution in [0.2, 0.25) is 0 Å². The summed E-state index contributed by atoms with van der Waals surface area (Å²) in [4.78, 5) is 14.3. The van der Waals surface area contributed by atoms with Gasteiger partial charge in [0.05, 0.1) is 11.3 Å². The number of carbonyl (C=O) groups is 1. The van der Waals surface area contributed by atoms with Crippen LogP contribution in [0.15, 0.2) is 42.5 Å². The molecule has 2 saturated carbocycles. The van der Waals surface area contributed by atoms with Crippen LogP contribution in [0.1, 0.15) is 86.0 Å². The molecule has 4 nitrogen and oxygen atoms in total. The third-order valence-electron chi connectivity index (χ3n) is 9.10.